The van der Waals surface area contributed by atoms with Crippen molar-refractivity contribution in [3.05, 3.63) is 71.8 Å². The molecular formula is C25H27NO4. The average molecular weight is 405 g/mol. The molecule has 0 N–H and O–H groups in total. The van der Waals surface area contributed by atoms with Gasteiger partial charge in [-0.3, -0.25) is 4.90 Å². The number of hydrogen-bond acceptors (Lipinski definition) is 5. The Morgan fingerprint density at radius 3 is 2.37 bits per heavy atom. The monoisotopic (exact) mass is 405 g/mol. The molecule has 0 amide bonds. The Hall–Kier alpha value is -3.18. The van der Waals surface area contributed by atoms with Crippen molar-refractivity contribution in [1.82, 2.24) is 4.90 Å². The molecule has 1 heterocycles. The third-order valence-electron chi connectivity index (χ3n) is 5.36. The van der Waals surface area contributed by atoms with E-state index in [1.807, 2.05) is 30.3 Å². The maximum Gasteiger partial charge on any atom is 0.165 e. The van der Waals surface area contributed by atoms with Crippen LogP contribution in [0.1, 0.15) is 11.1 Å². The minimum atomic E-state index is 0.620. The molecule has 5 heteroatoms. The molecule has 0 unspecified atom stereocenters. The SMILES string of the molecule is COc1ccc(-c2cc3c(c(OC)c2)OCCN(Cc2cccc(OC)c2)C3)cc1. The van der Waals surface area contributed by atoms with E-state index in [2.05, 4.69) is 35.2 Å². The fourth-order valence-corrected chi connectivity index (χ4v) is 3.80. The topological polar surface area (TPSA) is 40.2 Å². The Kier molecular flexibility index (Phi) is 6.10. The first-order chi connectivity index (χ1) is 14.7. The van der Waals surface area contributed by atoms with E-state index in [9.17, 15) is 0 Å². The summed E-state index contributed by atoms with van der Waals surface area (Å²) in [7, 11) is 5.06. The zero-order valence-electron chi connectivity index (χ0n) is 17.7. The van der Waals surface area contributed by atoms with Crippen molar-refractivity contribution >= 4 is 0 Å². The summed E-state index contributed by atoms with van der Waals surface area (Å²) in [6, 6.07) is 20.5. The highest BCUT2D eigenvalue weighted by Crippen LogP contribution is 2.38. The molecule has 3 aromatic carbocycles. The molecule has 30 heavy (non-hydrogen) atoms. The zero-order chi connectivity index (χ0) is 20.9. The fraction of sp³-hybridized carbons (Fsp3) is 0.280. The highest BCUT2D eigenvalue weighted by molar-refractivity contribution is 5.70. The van der Waals surface area contributed by atoms with Gasteiger partial charge in [0.25, 0.3) is 0 Å². The van der Waals surface area contributed by atoms with Gasteiger partial charge >= 0.3 is 0 Å². The van der Waals surface area contributed by atoms with Crippen LogP contribution in [0.25, 0.3) is 11.1 Å². The summed E-state index contributed by atoms with van der Waals surface area (Å²) in [4.78, 5) is 2.39. The standard InChI is InChI=1S/C25H27NO4/c1-27-22-9-7-19(8-10-22)20-14-21-17-26(11-12-30-25(21)24(15-20)29-3)16-18-5-4-6-23(13-18)28-2/h4-10,13-15H,11-12,16-17H2,1-3H3. The van der Waals surface area contributed by atoms with E-state index in [0.29, 0.717) is 6.61 Å². The summed E-state index contributed by atoms with van der Waals surface area (Å²) in [5.74, 6) is 3.32. The van der Waals surface area contributed by atoms with E-state index in [-0.39, 0.29) is 0 Å². The van der Waals surface area contributed by atoms with E-state index in [4.69, 9.17) is 18.9 Å². The van der Waals surface area contributed by atoms with E-state index in [1.54, 1.807) is 21.3 Å². The van der Waals surface area contributed by atoms with Crippen molar-refractivity contribution in [3.63, 3.8) is 0 Å². The van der Waals surface area contributed by atoms with Gasteiger partial charge in [0.2, 0.25) is 0 Å². The third kappa shape index (κ3) is 4.36. The second-order valence-corrected chi connectivity index (χ2v) is 7.31. The second-order valence-electron chi connectivity index (χ2n) is 7.31. The number of fused-ring (bicyclic) bond motifs is 1. The summed E-state index contributed by atoms with van der Waals surface area (Å²) in [6.07, 6.45) is 0. The van der Waals surface area contributed by atoms with Crippen LogP contribution in [0.5, 0.6) is 23.0 Å². The van der Waals surface area contributed by atoms with Crippen LogP contribution in [-0.2, 0) is 13.1 Å². The number of benzene rings is 3. The zero-order valence-corrected chi connectivity index (χ0v) is 17.7. The number of nitrogens with zero attached hydrogens (tertiary/aromatic N) is 1. The maximum absolute atomic E-state index is 6.10. The number of methoxy groups -OCH3 is 3. The first-order valence-corrected chi connectivity index (χ1v) is 10.0. The van der Waals surface area contributed by atoms with Gasteiger partial charge in [0.15, 0.2) is 11.5 Å². The Labute approximate surface area is 177 Å². The fourth-order valence-electron chi connectivity index (χ4n) is 3.80. The lowest BCUT2D eigenvalue weighted by Gasteiger charge is -2.20. The highest BCUT2D eigenvalue weighted by Gasteiger charge is 2.21. The van der Waals surface area contributed by atoms with Gasteiger partial charge in [-0.15, -0.1) is 0 Å². The van der Waals surface area contributed by atoms with Crippen LogP contribution in [0.4, 0.5) is 0 Å². The van der Waals surface area contributed by atoms with Gasteiger partial charge in [-0.1, -0.05) is 24.3 Å². The molecule has 0 saturated heterocycles. The molecule has 3 aromatic rings. The first kappa shape index (κ1) is 20.1. The molecule has 1 aliphatic rings. The summed E-state index contributed by atoms with van der Waals surface area (Å²) in [6.45, 7) is 3.07. The number of rotatable bonds is 6. The largest absolute Gasteiger partial charge is 0.497 e. The summed E-state index contributed by atoms with van der Waals surface area (Å²) >= 11 is 0. The minimum Gasteiger partial charge on any atom is -0.497 e. The van der Waals surface area contributed by atoms with Crippen LogP contribution < -0.4 is 18.9 Å². The highest BCUT2D eigenvalue weighted by atomic mass is 16.5. The van der Waals surface area contributed by atoms with Gasteiger partial charge in [0.05, 0.1) is 21.3 Å². The molecule has 0 fully saturated rings. The maximum atomic E-state index is 6.10. The van der Waals surface area contributed by atoms with Gasteiger partial charge in [-0.2, -0.15) is 0 Å². The molecule has 1 aliphatic heterocycles. The third-order valence-corrected chi connectivity index (χ3v) is 5.36. The van der Waals surface area contributed by atoms with Gasteiger partial charge in [0.1, 0.15) is 18.1 Å². The number of ether oxygens (including phenoxy) is 4. The second kappa shape index (κ2) is 9.09. The molecule has 0 radical (unpaired) electrons. The Balaban J connectivity index is 1.63. The lowest BCUT2D eigenvalue weighted by molar-refractivity contribution is 0.216. The van der Waals surface area contributed by atoms with Crippen LogP contribution in [0.2, 0.25) is 0 Å². The Morgan fingerprint density at radius 2 is 1.63 bits per heavy atom. The van der Waals surface area contributed by atoms with E-state index in [0.717, 1.165) is 59.3 Å². The van der Waals surface area contributed by atoms with Crippen molar-refractivity contribution in [2.75, 3.05) is 34.5 Å². The smallest absolute Gasteiger partial charge is 0.165 e. The van der Waals surface area contributed by atoms with Crippen LogP contribution >= 0.6 is 0 Å². The van der Waals surface area contributed by atoms with Crippen LogP contribution in [-0.4, -0.2) is 39.4 Å². The van der Waals surface area contributed by atoms with Crippen molar-refractivity contribution in [2.24, 2.45) is 0 Å². The van der Waals surface area contributed by atoms with Gasteiger partial charge < -0.3 is 18.9 Å². The van der Waals surface area contributed by atoms with Crippen molar-refractivity contribution < 1.29 is 18.9 Å². The van der Waals surface area contributed by atoms with Gasteiger partial charge in [0, 0.05) is 25.2 Å². The number of hydrogen-bond donors (Lipinski definition) is 0. The van der Waals surface area contributed by atoms with E-state index >= 15 is 0 Å². The van der Waals surface area contributed by atoms with Crippen LogP contribution in [0.3, 0.4) is 0 Å². The Bertz CT molecular complexity index is 1000. The lowest BCUT2D eigenvalue weighted by atomic mass is 10.0. The molecule has 0 spiro atoms. The Morgan fingerprint density at radius 1 is 0.833 bits per heavy atom. The summed E-state index contributed by atoms with van der Waals surface area (Å²) in [5.41, 5.74) is 4.55. The molecule has 0 atom stereocenters. The van der Waals surface area contributed by atoms with Gasteiger partial charge in [-0.25, -0.2) is 0 Å². The normalized spacial score (nSPS) is 13.7. The molecule has 0 aromatic heterocycles. The molecule has 156 valence electrons. The van der Waals surface area contributed by atoms with Crippen molar-refractivity contribution in [3.8, 4) is 34.1 Å². The minimum absolute atomic E-state index is 0.620. The lowest BCUT2D eigenvalue weighted by Crippen LogP contribution is -2.25. The van der Waals surface area contributed by atoms with Crippen molar-refractivity contribution in [2.45, 2.75) is 13.1 Å². The van der Waals surface area contributed by atoms with Crippen molar-refractivity contribution in [1.29, 1.82) is 0 Å². The van der Waals surface area contributed by atoms with Gasteiger partial charge in [-0.05, 0) is 53.1 Å². The molecule has 5 nitrogen and oxygen atoms in total. The van der Waals surface area contributed by atoms with E-state index in [1.165, 1.54) is 5.56 Å². The van der Waals surface area contributed by atoms with Crippen LogP contribution in [0.15, 0.2) is 60.7 Å². The summed E-state index contributed by atoms with van der Waals surface area (Å²) < 4.78 is 22.4. The molecule has 0 aliphatic carbocycles. The average Bonchev–Trinajstić information content (AvgIpc) is 3.00. The molecule has 0 bridgehead atoms. The van der Waals surface area contributed by atoms with Crippen LogP contribution in [0, 0.1) is 0 Å². The molecule has 0 saturated carbocycles. The molecular weight excluding hydrogens is 378 g/mol. The quantitative estimate of drug-likeness (QED) is 0.591. The first-order valence-electron chi connectivity index (χ1n) is 10.0. The summed E-state index contributed by atoms with van der Waals surface area (Å²) in [5, 5.41) is 0. The molecule has 4 rings (SSSR count). The van der Waals surface area contributed by atoms with E-state index < -0.39 is 0 Å². The predicted octanol–water partition coefficient (Wildman–Crippen LogP) is 4.77. The predicted molar refractivity (Wildman–Crippen MR) is 118 cm³/mol.